The number of aromatic nitrogens is 1. The van der Waals surface area contributed by atoms with E-state index in [1.54, 1.807) is 12.4 Å². The van der Waals surface area contributed by atoms with Gasteiger partial charge in [-0.05, 0) is 54.2 Å². The lowest BCUT2D eigenvalue weighted by Crippen LogP contribution is -2.31. The molecule has 0 saturated heterocycles. The second-order valence-corrected chi connectivity index (χ2v) is 7.60. The van der Waals surface area contributed by atoms with Crippen molar-refractivity contribution in [2.75, 3.05) is 12.4 Å². The Hall–Kier alpha value is -3.14. The molecule has 1 atom stereocenters. The third kappa shape index (κ3) is 8.18. The van der Waals surface area contributed by atoms with Crippen molar-refractivity contribution in [2.24, 2.45) is 0 Å². The van der Waals surface area contributed by atoms with E-state index in [2.05, 4.69) is 71.1 Å². The molecule has 170 valence electrons. The van der Waals surface area contributed by atoms with Gasteiger partial charge >= 0.3 is 0 Å². The van der Waals surface area contributed by atoms with Crippen LogP contribution in [-0.4, -0.2) is 24.0 Å². The topological polar surface area (TPSA) is 54.0 Å². The minimum Gasteiger partial charge on any atom is -0.388 e. The van der Waals surface area contributed by atoms with Gasteiger partial charge < -0.3 is 10.6 Å². The summed E-state index contributed by atoms with van der Waals surface area (Å²) < 4.78 is 0. The number of nitrogens with zero attached hydrogens (tertiary/aromatic N) is 1. The molecule has 4 heteroatoms. The van der Waals surface area contributed by atoms with Crippen molar-refractivity contribution in [3.63, 3.8) is 0 Å². The van der Waals surface area contributed by atoms with E-state index >= 15 is 0 Å². The number of anilines is 1. The van der Waals surface area contributed by atoms with Crippen LogP contribution in [0.15, 0.2) is 79.1 Å². The van der Waals surface area contributed by atoms with Crippen molar-refractivity contribution in [1.29, 1.82) is 0 Å². The van der Waals surface area contributed by atoms with Crippen molar-refractivity contribution in [2.45, 2.75) is 58.4 Å². The van der Waals surface area contributed by atoms with Gasteiger partial charge in [-0.2, -0.15) is 0 Å². The minimum atomic E-state index is -0.0284. The molecule has 4 rings (SSSR count). The lowest BCUT2D eigenvalue weighted by atomic mass is 9.95. The highest BCUT2D eigenvalue weighted by molar-refractivity contribution is 5.84. The van der Waals surface area contributed by atoms with E-state index in [0.29, 0.717) is 6.04 Å². The van der Waals surface area contributed by atoms with Gasteiger partial charge in [-0.3, -0.25) is 9.78 Å². The Morgan fingerprint density at radius 1 is 0.969 bits per heavy atom. The van der Waals surface area contributed by atoms with Gasteiger partial charge in [0, 0.05) is 31.2 Å². The summed E-state index contributed by atoms with van der Waals surface area (Å²) >= 11 is 0. The SMILES string of the molecule is CC.CCCC(C(=O)NC1CC1)c1cccnc1.CNc1ccc(-c2ccccc2)cc1. The quantitative estimate of drug-likeness (QED) is 0.439. The van der Waals surface area contributed by atoms with Crippen molar-refractivity contribution >= 4 is 11.6 Å². The Bertz CT molecular complexity index is 891. The monoisotopic (exact) mass is 431 g/mol. The van der Waals surface area contributed by atoms with Crippen LogP contribution in [0.25, 0.3) is 11.1 Å². The molecule has 1 aromatic heterocycles. The van der Waals surface area contributed by atoms with E-state index in [-0.39, 0.29) is 11.8 Å². The van der Waals surface area contributed by atoms with Crippen LogP contribution in [0.5, 0.6) is 0 Å². The van der Waals surface area contributed by atoms with Crippen LogP contribution < -0.4 is 10.6 Å². The molecular formula is C28H37N3O. The Labute approximate surface area is 193 Å². The van der Waals surface area contributed by atoms with E-state index < -0.39 is 0 Å². The molecule has 32 heavy (non-hydrogen) atoms. The van der Waals surface area contributed by atoms with Crippen LogP contribution in [0.3, 0.4) is 0 Å². The number of hydrogen-bond donors (Lipinski definition) is 2. The third-order valence-corrected chi connectivity index (χ3v) is 5.19. The van der Waals surface area contributed by atoms with Crippen molar-refractivity contribution < 1.29 is 4.79 Å². The zero-order chi connectivity index (χ0) is 23.2. The van der Waals surface area contributed by atoms with Gasteiger partial charge in [0.05, 0.1) is 5.92 Å². The fraction of sp³-hybridized carbons (Fsp3) is 0.357. The van der Waals surface area contributed by atoms with Gasteiger partial charge in [-0.15, -0.1) is 0 Å². The first-order valence-corrected chi connectivity index (χ1v) is 11.7. The molecule has 0 bridgehead atoms. The number of rotatable bonds is 7. The average molecular weight is 432 g/mol. The van der Waals surface area contributed by atoms with E-state index in [1.807, 2.05) is 39.1 Å². The molecule has 1 amide bonds. The van der Waals surface area contributed by atoms with Crippen molar-refractivity contribution in [3.8, 4) is 11.1 Å². The molecule has 0 aliphatic heterocycles. The number of amides is 1. The molecule has 4 nitrogen and oxygen atoms in total. The summed E-state index contributed by atoms with van der Waals surface area (Å²) in [6, 6.07) is 23.1. The molecule has 1 unspecified atom stereocenters. The van der Waals surface area contributed by atoms with Crippen LogP contribution >= 0.6 is 0 Å². The lowest BCUT2D eigenvalue weighted by molar-refractivity contribution is -0.122. The van der Waals surface area contributed by atoms with Gasteiger partial charge in [0.1, 0.15) is 0 Å². The maximum absolute atomic E-state index is 12.0. The van der Waals surface area contributed by atoms with Crippen LogP contribution in [0.1, 0.15) is 57.9 Å². The Morgan fingerprint density at radius 3 is 2.16 bits per heavy atom. The first-order valence-electron chi connectivity index (χ1n) is 11.7. The zero-order valence-electron chi connectivity index (χ0n) is 19.8. The largest absolute Gasteiger partial charge is 0.388 e. The van der Waals surface area contributed by atoms with E-state index in [9.17, 15) is 4.79 Å². The smallest absolute Gasteiger partial charge is 0.227 e. The molecule has 0 radical (unpaired) electrons. The predicted octanol–water partition coefficient (Wildman–Crippen LogP) is 6.67. The molecule has 1 aliphatic carbocycles. The second-order valence-electron chi connectivity index (χ2n) is 7.60. The van der Waals surface area contributed by atoms with Gasteiger partial charge in [0.2, 0.25) is 5.91 Å². The van der Waals surface area contributed by atoms with Crippen LogP contribution in [0.4, 0.5) is 5.69 Å². The molecule has 3 aromatic rings. The highest BCUT2D eigenvalue weighted by Crippen LogP contribution is 2.24. The minimum absolute atomic E-state index is 0.0284. The van der Waals surface area contributed by atoms with Gasteiger partial charge in [0.25, 0.3) is 0 Å². The highest BCUT2D eigenvalue weighted by Gasteiger charge is 2.27. The van der Waals surface area contributed by atoms with E-state index in [0.717, 1.165) is 36.9 Å². The summed E-state index contributed by atoms with van der Waals surface area (Å²) in [5, 5.41) is 6.18. The molecule has 1 heterocycles. The van der Waals surface area contributed by atoms with Gasteiger partial charge in [-0.1, -0.05) is 75.7 Å². The summed E-state index contributed by atoms with van der Waals surface area (Å²) in [5.41, 5.74) is 4.69. The summed E-state index contributed by atoms with van der Waals surface area (Å²) in [4.78, 5) is 16.1. The van der Waals surface area contributed by atoms with E-state index in [4.69, 9.17) is 0 Å². The number of nitrogens with one attached hydrogen (secondary N) is 2. The predicted molar refractivity (Wildman–Crippen MR) is 136 cm³/mol. The lowest BCUT2D eigenvalue weighted by Gasteiger charge is -2.15. The fourth-order valence-corrected chi connectivity index (χ4v) is 3.31. The molecular weight excluding hydrogens is 394 g/mol. The van der Waals surface area contributed by atoms with Gasteiger partial charge in [0.15, 0.2) is 0 Å². The number of benzene rings is 2. The summed E-state index contributed by atoms with van der Waals surface area (Å²) in [6.07, 6.45) is 7.72. The number of carbonyl (C=O) groups is 1. The molecule has 2 N–H and O–H groups in total. The highest BCUT2D eigenvalue weighted by atomic mass is 16.2. The maximum Gasteiger partial charge on any atom is 0.227 e. The Morgan fingerprint density at radius 2 is 1.62 bits per heavy atom. The molecule has 1 fully saturated rings. The summed E-state index contributed by atoms with van der Waals surface area (Å²) in [5.74, 6) is 0.136. The third-order valence-electron chi connectivity index (χ3n) is 5.19. The number of hydrogen-bond acceptors (Lipinski definition) is 3. The number of carbonyl (C=O) groups excluding carboxylic acids is 1. The van der Waals surface area contributed by atoms with Crippen molar-refractivity contribution in [3.05, 3.63) is 84.7 Å². The van der Waals surface area contributed by atoms with Gasteiger partial charge in [-0.25, -0.2) is 0 Å². The standard InChI is InChI=1S/C13H18N2O.C13H13N.C2H6/c1-2-4-12(10-5-3-8-14-9-10)13(16)15-11-6-7-11;1-14-13-9-7-12(8-10-13)11-5-3-2-4-6-11;1-2/h3,5,8-9,11-12H,2,4,6-7H2,1H3,(H,15,16);2-10,14H,1H3;1-2H3. The number of pyridine rings is 1. The molecule has 1 saturated carbocycles. The van der Waals surface area contributed by atoms with E-state index in [1.165, 1.54) is 11.1 Å². The molecule has 2 aromatic carbocycles. The normalized spacial score (nSPS) is 12.9. The maximum atomic E-state index is 12.0. The van der Waals surface area contributed by atoms with Crippen LogP contribution in [-0.2, 0) is 4.79 Å². The summed E-state index contributed by atoms with van der Waals surface area (Å²) in [7, 11) is 1.93. The fourth-order valence-electron chi connectivity index (χ4n) is 3.31. The van der Waals surface area contributed by atoms with Crippen LogP contribution in [0.2, 0.25) is 0 Å². The first kappa shape index (κ1) is 25.1. The molecule has 0 spiro atoms. The second kappa shape index (κ2) is 14.0. The summed E-state index contributed by atoms with van der Waals surface area (Å²) in [6.45, 7) is 6.10. The molecule has 1 aliphatic rings. The first-order chi connectivity index (χ1) is 15.7. The Balaban J connectivity index is 0.000000212. The average Bonchev–Trinajstić information content (AvgIpc) is 3.69. The van der Waals surface area contributed by atoms with Crippen LogP contribution in [0, 0.1) is 0 Å². The Kier molecular flexibility index (Phi) is 11.0. The van der Waals surface area contributed by atoms with Crippen molar-refractivity contribution in [1.82, 2.24) is 10.3 Å². The zero-order valence-corrected chi connectivity index (χ0v) is 19.8.